The first-order valence-corrected chi connectivity index (χ1v) is 15.8. The minimum absolute atomic E-state index is 0.0943. The zero-order chi connectivity index (χ0) is 33.3. The maximum Gasteiger partial charge on any atom is 0.573 e. The van der Waals surface area contributed by atoms with Gasteiger partial charge in [-0.25, -0.2) is 13.1 Å². The van der Waals surface area contributed by atoms with Crippen molar-refractivity contribution in [2.24, 2.45) is 7.05 Å². The molecule has 5 rings (SSSR count). The molecule has 0 amide bonds. The van der Waals surface area contributed by atoms with Gasteiger partial charge in [0.1, 0.15) is 11.4 Å². The van der Waals surface area contributed by atoms with Crippen LogP contribution in [0.25, 0.3) is 39.3 Å². The zero-order valence-electron chi connectivity index (χ0n) is 24.5. The van der Waals surface area contributed by atoms with Crippen LogP contribution >= 0.6 is 0 Å². The number of benzene rings is 3. The molecule has 5 aromatic rings. The zero-order valence-corrected chi connectivity index (χ0v) is 25.4. The maximum absolute atomic E-state index is 15.1. The number of aliphatic hydroxyl groups excluding tert-OH is 1. The number of hydrogen-bond acceptors (Lipinski definition) is 7. The number of ether oxygens (including phenoxy) is 1. The third-order valence-electron chi connectivity index (χ3n) is 7.18. The molecule has 3 aromatic carbocycles. The van der Waals surface area contributed by atoms with Gasteiger partial charge in [-0.05, 0) is 72.5 Å². The summed E-state index contributed by atoms with van der Waals surface area (Å²) in [5.74, 6) is -3.69. The van der Waals surface area contributed by atoms with Gasteiger partial charge >= 0.3 is 6.36 Å². The molecule has 0 saturated heterocycles. The first-order valence-electron chi connectivity index (χ1n) is 13.9. The predicted octanol–water partition coefficient (Wildman–Crippen LogP) is 6.56. The molecule has 0 radical (unpaired) electrons. The van der Waals surface area contributed by atoms with Gasteiger partial charge in [0.15, 0.2) is 9.84 Å². The molecule has 9 nitrogen and oxygen atoms in total. The second-order valence-electron chi connectivity index (χ2n) is 10.6. The predicted molar refractivity (Wildman–Crippen MR) is 159 cm³/mol. The molecule has 15 heteroatoms. The van der Waals surface area contributed by atoms with Crippen molar-refractivity contribution in [2.45, 2.75) is 36.4 Å². The van der Waals surface area contributed by atoms with E-state index in [-0.39, 0.29) is 24.3 Å². The second kappa shape index (κ2) is 12.6. The van der Waals surface area contributed by atoms with Crippen LogP contribution in [0.4, 0.5) is 22.0 Å². The Kier molecular flexibility index (Phi) is 9.00. The molecule has 0 saturated carbocycles. The highest BCUT2D eigenvalue weighted by Gasteiger charge is 2.35. The number of rotatable bonds is 11. The standard InChI is InChI=1S/C31H28F5N5O4S/c1-40-26(18-29(38-40)30(32,33)14-3-4-15-42)25-13-10-22(21-6-5-7-24(16-21)46(2,43)44)17-27(25)41-28(19-37-39-41)20-8-11-23(12-9-20)45-31(34,35)36/h5-13,16-19,42H,3-4,14-15H2,1-2H3. The van der Waals surface area contributed by atoms with Crippen LogP contribution in [0.15, 0.2) is 83.9 Å². The molecule has 0 aliphatic heterocycles. The smallest absolute Gasteiger partial charge is 0.406 e. The minimum Gasteiger partial charge on any atom is -0.406 e. The van der Waals surface area contributed by atoms with Crippen molar-refractivity contribution >= 4 is 9.84 Å². The van der Waals surface area contributed by atoms with E-state index in [0.29, 0.717) is 39.3 Å². The molecule has 2 heterocycles. The van der Waals surface area contributed by atoms with E-state index in [1.807, 2.05) is 0 Å². The summed E-state index contributed by atoms with van der Waals surface area (Å²) in [5.41, 5.74) is 2.51. The van der Waals surface area contributed by atoms with E-state index < -0.39 is 40.0 Å². The van der Waals surface area contributed by atoms with Crippen molar-refractivity contribution < 1.29 is 40.2 Å². The molecule has 0 unspecified atom stereocenters. The first-order chi connectivity index (χ1) is 21.7. The minimum atomic E-state index is -4.87. The number of unbranched alkanes of at least 4 members (excludes halogenated alkanes) is 1. The summed E-state index contributed by atoms with van der Waals surface area (Å²) in [6, 6.07) is 17.7. The Morgan fingerprint density at radius 3 is 2.24 bits per heavy atom. The van der Waals surface area contributed by atoms with Gasteiger partial charge < -0.3 is 9.84 Å². The third kappa shape index (κ3) is 7.26. The number of hydrogen-bond donors (Lipinski definition) is 1. The Balaban J connectivity index is 1.65. The third-order valence-corrected chi connectivity index (χ3v) is 8.29. The fourth-order valence-corrected chi connectivity index (χ4v) is 5.60. The normalized spacial score (nSPS) is 12.4. The van der Waals surface area contributed by atoms with Crippen molar-refractivity contribution in [3.8, 4) is 45.1 Å². The monoisotopic (exact) mass is 661 g/mol. The van der Waals surface area contributed by atoms with E-state index >= 15 is 8.78 Å². The summed E-state index contributed by atoms with van der Waals surface area (Å²) in [5, 5.41) is 21.3. The first kappa shape index (κ1) is 32.8. The Bertz CT molecular complexity index is 1950. The molecule has 0 atom stereocenters. The summed E-state index contributed by atoms with van der Waals surface area (Å²) in [6.07, 6.45) is -2.58. The van der Waals surface area contributed by atoms with Crippen LogP contribution in [0.3, 0.4) is 0 Å². The highest BCUT2D eigenvalue weighted by atomic mass is 32.2. The van der Waals surface area contributed by atoms with Gasteiger partial charge in [0.05, 0.1) is 28.2 Å². The summed E-state index contributed by atoms with van der Waals surface area (Å²) in [6.45, 7) is -0.204. The van der Waals surface area contributed by atoms with E-state index in [1.54, 1.807) is 30.3 Å². The molecule has 2 aromatic heterocycles. The lowest BCUT2D eigenvalue weighted by Crippen LogP contribution is -2.16. The molecule has 0 aliphatic carbocycles. The molecule has 0 bridgehead atoms. The van der Waals surface area contributed by atoms with Crippen LogP contribution in [-0.4, -0.2) is 57.5 Å². The van der Waals surface area contributed by atoms with Gasteiger partial charge in [-0.1, -0.05) is 29.5 Å². The number of alkyl halides is 5. The van der Waals surface area contributed by atoms with Gasteiger partial charge in [-0.15, -0.1) is 18.3 Å². The van der Waals surface area contributed by atoms with Crippen LogP contribution in [0.2, 0.25) is 0 Å². The lowest BCUT2D eigenvalue weighted by molar-refractivity contribution is -0.274. The van der Waals surface area contributed by atoms with Crippen molar-refractivity contribution in [3.63, 3.8) is 0 Å². The molecule has 1 N–H and O–H groups in total. The SMILES string of the molecule is Cn1nc(C(F)(F)CCCCO)cc1-c1ccc(-c2cccc(S(C)(=O)=O)c2)cc1-n1nncc1-c1ccc(OC(F)(F)F)cc1. The lowest BCUT2D eigenvalue weighted by atomic mass is 9.99. The van der Waals surface area contributed by atoms with Gasteiger partial charge in [0.2, 0.25) is 0 Å². The number of nitrogens with zero attached hydrogens (tertiary/aromatic N) is 5. The highest BCUT2D eigenvalue weighted by Crippen LogP contribution is 2.38. The average molecular weight is 662 g/mol. The Morgan fingerprint density at radius 2 is 1.57 bits per heavy atom. The summed E-state index contributed by atoms with van der Waals surface area (Å²) in [7, 11) is -2.01. The molecule has 0 spiro atoms. The number of aliphatic hydroxyl groups is 1. The number of halogens is 5. The van der Waals surface area contributed by atoms with Crippen molar-refractivity contribution in [1.82, 2.24) is 24.8 Å². The number of aromatic nitrogens is 5. The molecular weight excluding hydrogens is 633 g/mol. The lowest BCUT2D eigenvalue weighted by Gasteiger charge is -2.15. The van der Waals surface area contributed by atoms with Crippen molar-refractivity contribution in [2.75, 3.05) is 12.9 Å². The Labute approximate surface area is 260 Å². The van der Waals surface area contributed by atoms with Crippen LogP contribution < -0.4 is 4.74 Å². The van der Waals surface area contributed by atoms with Gasteiger partial charge in [0.25, 0.3) is 5.92 Å². The van der Waals surface area contributed by atoms with E-state index in [9.17, 15) is 21.6 Å². The second-order valence-corrected chi connectivity index (χ2v) is 12.6. The average Bonchev–Trinajstić information content (AvgIpc) is 3.64. The molecule has 0 fully saturated rings. The van der Waals surface area contributed by atoms with Crippen LogP contribution in [0.5, 0.6) is 5.75 Å². The molecule has 0 aliphatic rings. The molecule has 46 heavy (non-hydrogen) atoms. The van der Waals surface area contributed by atoms with Crippen molar-refractivity contribution in [3.05, 3.63) is 84.7 Å². The fraction of sp³-hybridized carbons (Fsp3) is 0.258. The fourth-order valence-electron chi connectivity index (χ4n) is 4.93. The van der Waals surface area contributed by atoms with E-state index in [1.165, 1.54) is 52.9 Å². The van der Waals surface area contributed by atoms with E-state index in [0.717, 1.165) is 18.4 Å². The Morgan fingerprint density at radius 1 is 0.870 bits per heavy atom. The van der Waals surface area contributed by atoms with E-state index in [2.05, 4.69) is 20.1 Å². The van der Waals surface area contributed by atoms with Crippen LogP contribution in [0.1, 0.15) is 25.0 Å². The van der Waals surface area contributed by atoms with Gasteiger partial charge in [-0.2, -0.15) is 13.9 Å². The van der Waals surface area contributed by atoms with Gasteiger partial charge in [0, 0.05) is 37.5 Å². The Hall–Kier alpha value is -4.63. The number of sulfone groups is 1. The number of aryl methyl sites for hydroxylation is 1. The van der Waals surface area contributed by atoms with Crippen LogP contribution in [0, 0.1) is 0 Å². The summed E-state index contributed by atoms with van der Waals surface area (Å²) < 4.78 is 99.5. The summed E-state index contributed by atoms with van der Waals surface area (Å²) >= 11 is 0. The topological polar surface area (TPSA) is 112 Å². The molecular formula is C31H28F5N5O4S. The highest BCUT2D eigenvalue weighted by molar-refractivity contribution is 7.90. The molecule has 242 valence electrons. The maximum atomic E-state index is 15.1. The quantitative estimate of drug-likeness (QED) is 0.126. The van der Waals surface area contributed by atoms with Crippen molar-refractivity contribution in [1.29, 1.82) is 0 Å². The largest absolute Gasteiger partial charge is 0.573 e. The van der Waals surface area contributed by atoms with E-state index in [4.69, 9.17) is 5.11 Å². The van der Waals surface area contributed by atoms with Gasteiger partial charge in [-0.3, -0.25) is 4.68 Å². The van der Waals surface area contributed by atoms with Crippen LogP contribution in [-0.2, 0) is 22.8 Å². The summed E-state index contributed by atoms with van der Waals surface area (Å²) in [4.78, 5) is 0.0953.